The number of aromatic nitrogens is 4. The highest BCUT2D eigenvalue weighted by atomic mass is 79.9. The molecule has 12 nitrogen and oxygen atoms in total. The molecule has 1 amide bonds. The number of imidazole rings is 2. The smallest absolute Gasteiger partial charge is 0.410 e. The third-order valence-electron chi connectivity index (χ3n) is 8.30. The number of amides is 1. The lowest BCUT2D eigenvalue weighted by molar-refractivity contribution is 0.0240. The molecule has 2 saturated heterocycles. The van der Waals surface area contributed by atoms with E-state index in [0.29, 0.717) is 47.3 Å². The molecule has 4 aromatic rings. The predicted molar refractivity (Wildman–Crippen MR) is 206 cm³/mol. The normalized spacial score (nSPS) is 15.2. The van der Waals surface area contributed by atoms with Crippen molar-refractivity contribution in [3.8, 4) is 12.1 Å². The van der Waals surface area contributed by atoms with E-state index < -0.39 is 5.60 Å². The summed E-state index contributed by atoms with van der Waals surface area (Å²) in [5.41, 5.74) is 3.97. The second-order valence-corrected chi connectivity index (χ2v) is 15.9. The molecule has 2 aromatic heterocycles. The lowest BCUT2D eigenvalue weighted by Crippen LogP contribution is -2.50. The average Bonchev–Trinajstić information content (AvgIpc) is 3.63. The van der Waals surface area contributed by atoms with Crippen LogP contribution in [0, 0.1) is 22.7 Å². The monoisotopic (exact) mass is 922 g/mol. The van der Waals surface area contributed by atoms with Crippen molar-refractivity contribution >= 4 is 104 Å². The SMILES string of the molecule is CCn1c(N2CCN(C(=O)OC(C)(C)C)CC2)nc2c(C#N)c(Br)c(Br)cc21.CCn1c(N2CCNCC2)nc2c(C#N)c(Br)c(Br)cc21. The minimum atomic E-state index is -0.501. The number of carbonyl (C=O) groups is 1. The summed E-state index contributed by atoms with van der Waals surface area (Å²) in [6.45, 7) is 17.6. The van der Waals surface area contributed by atoms with Crippen LogP contribution in [0.15, 0.2) is 30.0 Å². The van der Waals surface area contributed by atoms with Crippen molar-refractivity contribution in [1.29, 1.82) is 10.5 Å². The van der Waals surface area contributed by atoms with Gasteiger partial charge in [0.05, 0.1) is 31.1 Å². The van der Waals surface area contributed by atoms with Crippen LogP contribution in [0.1, 0.15) is 45.7 Å². The highest BCUT2D eigenvalue weighted by Crippen LogP contribution is 2.37. The molecule has 1 N–H and O–H groups in total. The number of nitriles is 2. The summed E-state index contributed by atoms with van der Waals surface area (Å²) < 4.78 is 12.9. The van der Waals surface area contributed by atoms with E-state index in [1.165, 1.54) is 0 Å². The van der Waals surface area contributed by atoms with Gasteiger partial charge in [0.25, 0.3) is 0 Å². The lowest BCUT2D eigenvalue weighted by atomic mass is 10.2. The standard InChI is InChI=1S/C19H23Br2N5O2.C14H15Br2N5/c1-5-26-14-10-13(20)15(21)12(11-22)16(14)23-17(26)24-6-8-25(9-7-24)18(27)28-19(2,3)4;1-2-21-11-7-10(15)12(16)9(8-17)13(11)19-14(21)20-5-3-18-4-6-20/h10H,5-9H2,1-4H3;7,18H,2-6H2,1H3. The fraction of sp³-hybridized carbons (Fsp3) is 0.485. The quantitative estimate of drug-likeness (QED) is 0.223. The Morgan fingerprint density at radius 1 is 0.796 bits per heavy atom. The number of benzene rings is 2. The van der Waals surface area contributed by atoms with E-state index in [1.807, 2.05) is 32.9 Å². The maximum Gasteiger partial charge on any atom is 0.410 e. The van der Waals surface area contributed by atoms with Gasteiger partial charge in [-0.3, -0.25) is 0 Å². The number of rotatable bonds is 4. The Hall–Kier alpha value is -2.89. The van der Waals surface area contributed by atoms with Crippen LogP contribution >= 0.6 is 63.7 Å². The number of piperazine rings is 2. The number of anilines is 2. The largest absolute Gasteiger partial charge is 0.444 e. The number of ether oxygens (including phenoxy) is 1. The van der Waals surface area contributed by atoms with Gasteiger partial charge in [-0.15, -0.1) is 0 Å². The molecule has 16 heteroatoms. The Morgan fingerprint density at radius 3 is 1.61 bits per heavy atom. The molecule has 260 valence electrons. The summed E-state index contributed by atoms with van der Waals surface area (Å²) >= 11 is 14.0. The lowest BCUT2D eigenvalue weighted by Gasteiger charge is -2.36. The molecule has 0 atom stereocenters. The summed E-state index contributed by atoms with van der Waals surface area (Å²) in [6.07, 6.45) is -0.282. The number of hydrogen-bond acceptors (Lipinski definition) is 9. The van der Waals surface area contributed by atoms with E-state index in [-0.39, 0.29) is 6.09 Å². The van der Waals surface area contributed by atoms with Gasteiger partial charge in [0, 0.05) is 74.4 Å². The van der Waals surface area contributed by atoms with Gasteiger partial charge in [-0.05, 0) is 110 Å². The summed E-state index contributed by atoms with van der Waals surface area (Å²) in [5, 5.41) is 22.4. The van der Waals surface area contributed by atoms with Gasteiger partial charge in [0.15, 0.2) is 0 Å². The van der Waals surface area contributed by atoms with Crippen LogP contribution in [0.3, 0.4) is 0 Å². The predicted octanol–water partition coefficient (Wildman–Crippen LogP) is 7.37. The van der Waals surface area contributed by atoms with Crippen molar-refractivity contribution in [2.24, 2.45) is 0 Å². The Kier molecular flexibility index (Phi) is 11.9. The van der Waals surface area contributed by atoms with E-state index in [9.17, 15) is 15.3 Å². The van der Waals surface area contributed by atoms with Crippen molar-refractivity contribution in [2.45, 2.75) is 53.3 Å². The summed E-state index contributed by atoms with van der Waals surface area (Å²) in [7, 11) is 0. The molecule has 0 bridgehead atoms. The number of nitrogens with one attached hydrogen (secondary N) is 1. The van der Waals surface area contributed by atoms with E-state index in [4.69, 9.17) is 14.7 Å². The molecular weight excluding hydrogens is 888 g/mol. The summed E-state index contributed by atoms with van der Waals surface area (Å²) in [4.78, 5) is 28.0. The van der Waals surface area contributed by atoms with Crippen LogP contribution < -0.4 is 15.1 Å². The zero-order valence-electron chi connectivity index (χ0n) is 28.1. The first-order valence-electron chi connectivity index (χ1n) is 16.1. The van der Waals surface area contributed by atoms with E-state index in [0.717, 1.165) is 81.1 Å². The van der Waals surface area contributed by atoms with Gasteiger partial charge in [0.1, 0.15) is 28.8 Å². The number of fused-ring (bicyclic) bond motifs is 2. The zero-order chi connectivity index (χ0) is 35.6. The second-order valence-electron chi connectivity index (χ2n) is 12.6. The molecule has 2 aromatic carbocycles. The zero-order valence-corrected chi connectivity index (χ0v) is 34.4. The van der Waals surface area contributed by atoms with Crippen molar-refractivity contribution in [1.82, 2.24) is 29.3 Å². The molecule has 0 aliphatic carbocycles. The number of aryl methyl sites for hydroxylation is 2. The molecule has 0 unspecified atom stereocenters. The Morgan fingerprint density at radius 2 is 1.22 bits per heavy atom. The van der Waals surface area contributed by atoms with Crippen molar-refractivity contribution in [3.05, 3.63) is 41.2 Å². The highest BCUT2D eigenvalue weighted by Gasteiger charge is 2.29. The number of halogens is 4. The maximum absolute atomic E-state index is 12.3. The Bertz CT molecular complexity index is 1960. The van der Waals surface area contributed by atoms with Crippen molar-refractivity contribution < 1.29 is 9.53 Å². The first-order valence-corrected chi connectivity index (χ1v) is 19.3. The molecule has 2 fully saturated rings. The van der Waals surface area contributed by atoms with Crippen LogP contribution in [0.2, 0.25) is 0 Å². The third-order valence-corrected chi connectivity index (χ3v) is 12.3. The molecule has 4 heterocycles. The van der Waals surface area contributed by atoms with E-state index >= 15 is 0 Å². The molecule has 2 aliphatic heterocycles. The average molecular weight is 926 g/mol. The number of carbonyl (C=O) groups excluding carboxylic acids is 1. The molecule has 49 heavy (non-hydrogen) atoms. The molecule has 2 aliphatic rings. The molecule has 6 rings (SSSR count). The van der Waals surface area contributed by atoms with Crippen LogP contribution in [0.4, 0.5) is 16.7 Å². The van der Waals surface area contributed by atoms with Gasteiger partial charge in [-0.2, -0.15) is 10.5 Å². The fourth-order valence-corrected chi connectivity index (χ4v) is 7.58. The Labute approximate surface area is 319 Å². The van der Waals surface area contributed by atoms with Crippen LogP contribution in [0.25, 0.3) is 22.1 Å². The summed E-state index contributed by atoms with van der Waals surface area (Å²) in [6, 6.07) is 8.53. The van der Waals surface area contributed by atoms with Gasteiger partial charge in [-0.25, -0.2) is 14.8 Å². The van der Waals surface area contributed by atoms with E-state index in [2.05, 4.69) is 114 Å². The van der Waals surface area contributed by atoms with Crippen molar-refractivity contribution in [3.63, 3.8) is 0 Å². The van der Waals surface area contributed by atoms with Crippen LogP contribution in [0.5, 0.6) is 0 Å². The molecular formula is C33H38Br4N10O2. The number of hydrogen-bond donors (Lipinski definition) is 1. The van der Waals surface area contributed by atoms with Gasteiger partial charge < -0.3 is 33.9 Å². The summed E-state index contributed by atoms with van der Waals surface area (Å²) in [5.74, 6) is 1.78. The Balaban J connectivity index is 0.000000199. The first kappa shape index (κ1) is 37.4. The van der Waals surface area contributed by atoms with Crippen LogP contribution in [-0.2, 0) is 17.8 Å². The minimum absolute atomic E-state index is 0.282. The molecule has 0 spiro atoms. The molecule has 0 radical (unpaired) electrons. The topological polar surface area (TPSA) is 131 Å². The minimum Gasteiger partial charge on any atom is -0.444 e. The second kappa shape index (κ2) is 15.6. The first-order chi connectivity index (χ1) is 23.3. The fourth-order valence-electron chi connectivity index (χ4n) is 5.97. The van der Waals surface area contributed by atoms with Gasteiger partial charge in [0.2, 0.25) is 11.9 Å². The molecule has 0 saturated carbocycles. The van der Waals surface area contributed by atoms with Crippen molar-refractivity contribution in [2.75, 3.05) is 62.2 Å². The third kappa shape index (κ3) is 7.73. The van der Waals surface area contributed by atoms with Gasteiger partial charge >= 0.3 is 6.09 Å². The van der Waals surface area contributed by atoms with Crippen LogP contribution in [-0.4, -0.2) is 88.1 Å². The maximum atomic E-state index is 12.3. The van der Waals surface area contributed by atoms with E-state index in [1.54, 1.807) is 4.90 Å². The van der Waals surface area contributed by atoms with Gasteiger partial charge in [-0.1, -0.05) is 0 Å². The number of nitrogens with zero attached hydrogens (tertiary/aromatic N) is 9. The highest BCUT2D eigenvalue weighted by molar-refractivity contribution is 9.13.